The molecule has 1 saturated heterocycles. The minimum Gasteiger partial charge on any atom is -0.352 e. The molecule has 3 heterocycles. The molecule has 112 valence electrons. The van der Waals surface area contributed by atoms with Crippen LogP contribution in [0, 0.1) is 0 Å². The zero-order chi connectivity index (χ0) is 14.8. The highest BCUT2D eigenvalue weighted by molar-refractivity contribution is 5.45. The Labute approximate surface area is 128 Å². The van der Waals surface area contributed by atoms with Crippen LogP contribution >= 0.6 is 0 Å². The number of rotatable bonds is 4. The van der Waals surface area contributed by atoms with Crippen molar-refractivity contribution >= 4 is 11.5 Å². The molecule has 0 spiro atoms. The molecule has 0 N–H and O–H groups in total. The molecule has 0 amide bonds. The molecule has 0 radical (unpaired) electrons. The van der Waals surface area contributed by atoms with Crippen molar-refractivity contribution in [2.24, 2.45) is 0 Å². The largest absolute Gasteiger partial charge is 0.352 e. The van der Waals surface area contributed by atoms with Crippen LogP contribution in [0.5, 0.6) is 0 Å². The van der Waals surface area contributed by atoms with E-state index in [1.807, 2.05) is 12.1 Å². The van der Waals surface area contributed by atoms with E-state index in [9.17, 15) is 0 Å². The number of anilines is 1. The number of aromatic nitrogens is 5. The van der Waals surface area contributed by atoms with E-state index >= 15 is 0 Å². The van der Waals surface area contributed by atoms with Crippen LogP contribution in [0.1, 0.15) is 24.8 Å². The van der Waals surface area contributed by atoms with Gasteiger partial charge in [-0.15, -0.1) is 14.8 Å². The Balaban J connectivity index is 1.50. The predicted molar refractivity (Wildman–Crippen MR) is 83.7 cm³/mol. The quantitative estimate of drug-likeness (QED) is 0.737. The predicted octanol–water partition coefficient (Wildman–Crippen LogP) is 2.12. The fraction of sp³-hybridized carbons (Fsp3) is 0.375. The first-order valence-electron chi connectivity index (χ1n) is 7.76. The van der Waals surface area contributed by atoms with Crippen LogP contribution in [0.25, 0.3) is 5.65 Å². The minimum absolute atomic E-state index is 0.543. The lowest BCUT2D eigenvalue weighted by atomic mass is 10.0. The van der Waals surface area contributed by atoms with Crippen molar-refractivity contribution in [1.82, 2.24) is 25.3 Å². The van der Waals surface area contributed by atoms with Gasteiger partial charge in [0.05, 0.1) is 0 Å². The van der Waals surface area contributed by atoms with Crippen LogP contribution < -0.4 is 4.90 Å². The van der Waals surface area contributed by atoms with Crippen LogP contribution in [0.2, 0.25) is 0 Å². The maximum absolute atomic E-state index is 4.53. The summed E-state index contributed by atoms with van der Waals surface area (Å²) in [5, 5.41) is 16.0. The third-order valence-electron chi connectivity index (χ3n) is 4.34. The Kier molecular flexibility index (Phi) is 3.42. The summed E-state index contributed by atoms with van der Waals surface area (Å²) >= 11 is 0. The molecule has 0 saturated carbocycles. The first-order valence-corrected chi connectivity index (χ1v) is 7.76. The molecule has 1 aliphatic heterocycles. The van der Waals surface area contributed by atoms with E-state index < -0.39 is 0 Å². The van der Waals surface area contributed by atoms with E-state index in [-0.39, 0.29) is 0 Å². The number of hydrogen-bond acceptors (Lipinski definition) is 5. The average molecular weight is 294 g/mol. The van der Waals surface area contributed by atoms with Crippen molar-refractivity contribution < 1.29 is 0 Å². The summed E-state index contributed by atoms with van der Waals surface area (Å²) in [5.74, 6) is 0.968. The standard InChI is InChI=1S/C16H18N6/c1-2-5-13(6-3-1)8-9-14-7-4-12-21(14)16-11-10-15-17-19-20-22(15)18-16/h1-3,5-6,10-11,14H,4,7-9,12H2. The van der Waals surface area contributed by atoms with Gasteiger partial charge in [0.2, 0.25) is 0 Å². The number of hydrogen-bond donors (Lipinski definition) is 0. The van der Waals surface area contributed by atoms with Crippen molar-refractivity contribution in [3.8, 4) is 0 Å². The van der Waals surface area contributed by atoms with Gasteiger partial charge in [-0.05, 0) is 53.8 Å². The van der Waals surface area contributed by atoms with Gasteiger partial charge in [0.25, 0.3) is 0 Å². The first kappa shape index (κ1) is 13.2. The lowest BCUT2D eigenvalue weighted by Gasteiger charge is -2.25. The molecule has 0 bridgehead atoms. The van der Waals surface area contributed by atoms with Gasteiger partial charge in [-0.1, -0.05) is 30.3 Å². The summed E-state index contributed by atoms with van der Waals surface area (Å²) in [5.41, 5.74) is 2.09. The first-order chi connectivity index (χ1) is 10.9. The van der Waals surface area contributed by atoms with Crippen molar-refractivity contribution in [3.63, 3.8) is 0 Å². The highest BCUT2D eigenvalue weighted by atomic mass is 15.6. The second kappa shape index (κ2) is 5.71. The number of nitrogens with zero attached hydrogens (tertiary/aromatic N) is 6. The molecule has 22 heavy (non-hydrogen) atoms. The highest BCUT2D eigenvalue weighted by Gasteiger charge is 2.25. The van der Waals surface area contributed by atoms with Crippen molar-refractivity contribution in [2.45, 2.75) is 31.7 Å². The summed E-state index contributed by atoms with van der Waals surface area (Å²) in [7, 11) is 0. The molecule has 1 unspecified atom stereocenters. The SMILES string of the molecule is c1ccc(CCC2CCCN2c2ccc3nnnn3n2)cc1. The van der Waals surface area contributed by atoms with E-state index in [2.05, 4.69) is 55.9 Å². The number of fused-ring (bicyclic) bond motifs is 1. The topological polar surface area (TPSA) is 59.2 Å². The molecule has 1 aliphatic rings. The van der Waals surface area contributed by atoms with E-state index in [0.29, 0.717) is 11.7 Å². The van der Waals surface area contributed by atoms with Gasteiger partial charge in [0, 0.05) is 12.6 Å². The van der Waals surface area contributed by atoms with Crippen molar-refractivity contribution in [2.75, 3.05) is 11.4 Å². The molecule has 1 fully saturated rings. The number of benzene rings is 1. The fourth-order valence-electron chi connectivity index (χ4n) is 3.21. The summed E-state index contributed by atoms with van der Waals surface area (Å²) in [6.45, 7) is 1.06. The monoisotopic (exact) mass is 294 g/mol. The van der Waals surface area contributed by atoms with Crippen LogP contribution in [0.4, 0.5) is 5.82 Å². The summed E-state index contributed by atoms with van der Waals surface area (Å²) in [6.07, 6.45) is 4.70. The van der Waals surface area contributed by atoms with E-state index in [4.69, 9.17) is 0 Å². The molecular formula is C16H18N6. The molecule has 1 atom stereocenters. The maximum Gasteiger partial charge on any atom is 0.200 e. The summed E-state index contributed by atoms with van der Waals surface area (Å²) < 4.78 is 1.50. The fourth-order valence-corrected chi connectivity index (χ4v) is 3.21. The van der Waals surface area contributed by atoms with E-state index in [0.717, 1.165) is 25.2 Å². The Morgan fingerprint density at radius 1 is 1.09 bits per heavy atom. The third kappa shape index (κ3) is 2.52. The zero-order valence-electron chi connectivity index (χ0n) is 12.3. The van der Waals surface area contributed by atoms with Gasteiger partial charge in [-0.3, -0.25) is 0 Å². The van der Waals surface area contributed by atoms with Gasteiger partial charge < -0.3 is 4.90 Å². The minimum atomic E-state index is 0.543. The molecular weight excluding hydrogens is 276 g/mol. The van der Waals surface area contributed by atoms with Crippen molar-refractivity contribution in [3.05, 3.63) is 48.0 Å². The van der Waals surface area contributed by atoms with E-state index in [1.165, 1.54) is 23.0 Å². The summed E-state index contributed by atoms with van der Waals surface area (Å²) in [4.78, 5) is 2.39. The zero-order valence-corrected chi connectivity index (χ0v) is 12.3. The Morgan fingerprint density at radius 2 is 2.00 bits per heavy atom. The number of aryl methyl sites for hydroxylation is 1. The van der Waals surface area contributed by atoms with Crippen LogP contribution in [0.3, 0.4) is 0 Å². The van der Waals surface area contributed by atoms with Gasteiger partial charge in [0.15, 0.2) is 11.5 Å². The summed E-state index contributed by atoms with van der Waals surface area (Å²) in [6, 6.07) is 15.2. The van der Waals surface area contributed by atoms with Crippen LogP contribution in [-0.4, -0.2) is 37.8 Å². The second-order valence-corrected chi connectivity index (χ2v) is 5.73. The van der Waals surface area contributed by atoms with Gasteiger partial charge in [-0.25, -0.2) is 0 Å². The molecule has 4 rings (SSSR count). The Bertz CT molecular complexity index is 753. The Hall–Kier alpha value is -2.50. The molecule has 3 aromatic rings. The maximum atomic E-state index is 4.53. The lowest BCUT2D eigenvalue weighted by molar-refractivity contribution is 0.599. The van der Waals surface area contributed by atoms with Crippen molar-refractivity contribution in [1.29, 1.82) is 0 Å². The second-order valence-electron chi connectivity index (χ2n) is 5.73. The van der Waals surface area contributed by atoms with Gasteiger partial charge in [-0.2, -0.15) is 0 Å². The third-order valence-corrected chi connectivity index (χ3v) is 4.34. The lowest BCUT2D eigenvalue weighted by Crippen LogP contribution is -2.30. The van der Waals surface area contributed by atoms with E-state index in [1.54, 1.807) is 0 Å². The average Bonchev–Trinajstić information content (AvgIpc) is 3.22. The van der Waals surface area contributed by atoms with Crippen LogP contribution in [0.15, 0.2) is 42.5 Å². The van der Waals surface area contributed by atoms with Gasteiger partial charge in [0.1, 0.15) is 0 Å². The molecule has 0 aliphatic carbocycles. The smallest absolute Gasteiger partial charge is 0.200 e. The number of tetrazole rings is 1. The Morgan fingerprint density at radius 3 is 2.91 bits per heavy atom. The van der Waals surface area contributed by atoms with Crippen LogP contribution in [-0.2, 0) is 6.42 Å². The molecule has 2 aromatic heterocycles. The molecule has 1 aromatic carbocycles. The van der Waals surface area contributed by atoms with Gasteiger partial charge >= 0.3 is 0 Å². The normalized spacial score (nSPS) is 18.2. The highest BCUT2D eigenvalue weighted by Crippen LogP contribution is 2.26. The molecule has 6 nitrogen and oxygen atoms in total. The molecule has 6 heteroatoms.